The van der Waals surface area contributed by atoms with E-state index in [9.17, 15) is 4.39 Å². The van der Waals surface area contributed by atoms with Crippen molar-refractivity contribution in [1.82, 2.24) is 0 Å². The molecular formula is C12H17ClFN. The smallest absolute Gasteiger partial charge is 0.164 e. The van der Waals surface area contributed by atoms with Crippen LogP contribution in [0.3, 0.4) is 0 Å². The Morgan fingerprint density at radius 2 is 2.07 bits per heavy atom. The Kier molecular flexibility index (Phi) is 4.40. The summed E-state index contributed by atoms with van der Waals surface area (Å²) >= 11 is 5.70. The van der Waals surface area contributed by atoms with Crippen LogP contribution >= 0.6 is 11.6 Å². The number of rotatable bonds is 4. The summed E-state index contributed by atoms with van der Waals surface area (Å²) < 4.78 is 13.5. The van der Waals surface area contributed by atoms with Gasteiger partial charge in [0.25, 0.3) is 0 Å². The highest BCUT2D eigenvalue weighted by atomic mass is 35.5. The molecular weight excluding hydrogens is 213 g/mol. The molecule has 0 amide bonds. The second-order valence-corrected chi connectivity index (χ2v) is 4.33. The fourth-order valence-corrected chi connectivity index (χ4v) is 1.53. The first kappa shape index (κ1) is 12.3. The first-order valence-electron chi connectivity index (χ1n) is 5.26. The van der Waals surface area contributed by atoms with Gasteiger partial charge in [0.1, 0.15) is 0 Å². The minimum atomic E-state index is -0.366. The van der Waals surface area contributed by atoms with Crippen LogP contribution in [-0.4, -0.2) is 6.04 Å². The molecule has 15 heavy (non-hydrogen) atoms. The first-order chi connectivity index (χ1) is 7.06. The topological polar surface area (TPSA) is 12.0 Å². The maximum Gasteiger partial charge on any atom is 0.164 e. The molecule has 0 aliphatic carbocycles. The number of nitrogens with one attached hydrogen (secondary N) is 1. The quantitative estimate of drug-likeness (QED) is 0.811. The molecule has 0 saturated carbocycles. The summed E-state index contributed by atoms with van der Waals surface area (Å²) in [5.41, 5.74) is 0.482. The molecule has 0 radical (unpaired) electrons. The van der Waals surface area contributed by atoms with Gasteiger partial charge in [-0.15, -0.1) is 0 Å². The lowest BCUT2D eigenvalue weighted by atomic mass is 10.0. The number of hydrogen-bond acceptors (Lipinski definition) is 1. The van der Waals surface area contributed by atoms with Gasteiger partial charge in [-0.2, -0.15) is 0 Å². The molecule has 1 N–H and O–H groups in total. The second kappa shape index (κ2) is 5.36. The van der Waals surface area contributed by atoms with Crippen LogP contribution in [0.4, 0.5) is 10.1 Å². The standard InChI is InChI=1S/C12H17ClFN/c1-4-8(2)9(3)15-11-7-5-6-10(13)12(11)14/h5-9,15H,4H2,1-3H3. The summed E-state index contributed by atoms with van der Waals surface area (Å²) in [6.07, 6.45) is 1.07. The van der Waals surface area contributed by atoms with Crippen LogP contribution in [-0.2, 0) is 0 Å². The van der Waals surface area contributed by atoms with Gasteiger partial charge >= 0.3 is 0 Å². The molecule has 0 fully saturated rings. The number of hydrogen-bond donors (Lipinski definition) is 1. The zero-order valence-electron chi connectivity index (χ0n) is 9.35. The minimum absolute atomic E-state index is 0.163. The minimum Gasteiger partial charge on any atom is -0.380 e. The maximum absolute atomic E-state index is 13.5. The maximum atomic E-state index is 13.5. The van der Waals surface area contributed by atoms with E-state index < -0.39 is 0 Å². The number of anilines is 1. The third-order valence-electron chi connectivity index (χ3n) is 2.83. The van der Waals surface area contributed by atoms with E-state index in [0.29, 0.717) is 11.6 Å². The lowest BCUT2D eigenvalue weighted by molar-refractivity contribution is 0.491. The highest BCUT2D eigenvalue weighted by molar-refractivity contribution is 6.31. The largest absolute Gasteiger partial charge is 0.380 e. The van der Waals surface area contributed by atoms with Crippen LogP contribution in [0.25, 0.3) is 0 Å². The van der Waals surface area contributed by atoms with Crippen molar-refractivity contribution in [3.05, 3.63) is 29.0 Å². The average Bonchev–Trinajstić information content (AvgIpc) is 2.23. The summed E-state index contributed by atoms with van der Waals surface area (Å²) in [5.74, 6) is 0.137. The van der Waals surface area contributed by atoms with E-state index in [1.807, 2.05) is 0 Å². The molecule has 0 aliphatic rings. The summed E-state index contributed by atoms with van der Waals surface area (Å²) in [4.78, 5) is 0. The lowest BCUT2D eigenvalue weighted by Gasteiger charge is -2.21. The fourth-order valence-electron chi connectivity index (χ4n) is 1.36. The van der Waals surface area contributed by atoms with E-state index in [0.717, 1.165) is 6.42 Å². The van der Waals surface area contributed by atoms with E-state index in [2.05, 4.69) is 26.1 Å². The normalized spacial score (nSPS) is 14.7. The third-order valence-corrected chi connectivity index (χ3v) is 3.12. The van der Waals surface area contributed by atoms with E-state index in [-0.39, 0.29) is 16.9 Å². The predicted octanol–water partition coefficient (Wildman–Crippen LogP) is 4.33. The van der Waals surface area contributed by atoms with Crippen molar-refractivity contribution in [2.75, 3.05) is 5.32 Å². The highest BCUT2D eigenvalue weighted by Gasteiger charge is 2.13. The van der Waals surface area contributed by atoms with Gasteiger partial charge in [0.05, 0.1) is 10.7 Å². The molecule has 0 aliphatic heterocycles. The first-order valence-corrected chi connectivity index (χ1v) is 5.64. The SMILES string of the molecule is CCC(C)C(C)Nc1cccc(Cl)c1F. The highest BCUT2D eigenvalue weighted by Crippen LogP contribution is 2.24. The summed E-state index contributed by atoms with van der Waals surface area (Å²) in [6, 6.07) is 5.25. The molecule has 1 aromatic carbocycles. The Morgan fingerprint density at radius 3 is 2.67 bits per heavy atom. The molecule has 0 aromatic heterocycles. The van der Waals surface area contributed by atoms with Crippen molar-refractivity contribution in [3.8, 4) is 0 Å². The van der Waals surface area contributed by atoms with E-state index >= 15 is 0 Å². The monoisotopic (exact) mass is 229 g/mol. The van der Waals surface area contributed by atoms with Gasteiger partial charge in [0.2, 0.25) is 0 Å². The van der Waals surface area contributed by atoms with Crippen molar-refractivity contribution in [3.63, 3.8) is 0 Å². The molecule has 1 aromatic rings. The molecule has 2 unspecified atom stereocenters. The van der Waals surface area contributed by atoms with Crippen LogP contribution in [0, 0.1) is 11.7 Å². The Morgan fingerprint density at radius 1 is 1.40 bits per heavy atom. The van der Waals surface area contributed by atoms with Crippen molar-refractivity contribution in [1.29, 1.82) is 0 Å². The summed E-state index contributed by atoms with van der Waals surface area (Å²) in [7, 11) is 0. The Labute approximate surface area is 95.6 Å². The molecule has 0 bridgehead atoms. The second-order valence-electron chi connectivity index (χ2n) is 3.92. The van der Waals surface area contributed by atoms with Crippen LogP contribution in [0.1, 0.15) is 27.2 Å². The lowest BCUT2D eigenvalue weighted by Crippen LogP contribution is -2.23. The zero-order valence-corrected chi connectivity index (χ0v) is 10.1. The average molecular weight is 230 g/mol. The molecule has 2 atom stereocenters. The molecule has 3 heteroatoms. The number of benzene rings is 1. The van der Waals surface area contributed by atoms with Gasteiger partial charge in [-0.3, -0.25) is 0 Å². The van der Waals surface area contributed by atoms with Crippen molar-refractivity contribution >= 4 is 17.3 Å². The third kappa shape index (κ3) is 3.10. The van der Waals surface area contributed by atoms with Crippen LogP contribution < -0.4 is 5.32 Å². The van der Waals surface area contributed by atoms with E-state index in [1.165, 1.54) is 0 Å². The zero-order chi connectivity index (χ0) is 11.4. The van der Waals surface area contributed by atoms with Gasteiger partial charge in [0.15, 0.2) is 5.82 Å². The predicted molar refractivity (Wildman–Crippen MR) is 63.9 cm³/mol. The van der Waals surface area contributed by atoms with Gasteiger partial charge in [-0.1, -0.05) is 37.9 Å². The Hall–Kier alpha value is -0.760. The molecule has 0 saturated heterocycles. The van der Waals surface area contributed by atoms with E-state index in [1.54, 1.807) is 18.2 Å². The van der Waals surface area contributed by atoms with Crippen molar-refractivity contribution in [2.45, 2.75) is 33.2 Å². The molecule has 1 nitrogen and oxygen atoms in total. The molecule has 84 valence electrons. The van der Waals surface area contributed by atoms with Crippen molar-refractivity contribution in [2.24, 2.45) is 5.92 Å². The van der Waals surface area contributed by atoms with Gasteiger partial charge in [0, 0.05) is 6.04 Å². The molecule has 0 spiro atoms. The van der Waals surface area contributed by atoms with E-state index in [4.69, 9.17) is 11.6 Å². The van der Waals surface area contributed by atoms with Crippen LogP contribution in [0.15, 0.2) is 18.2 Å². The summed E-state index contributed by atoms with van der Waals surface area (Å²) in [5, 5.41) is 3.31. The van der Waals surface area contributed by atoms with Crippen LogP contribution in [0.5, 0.6) is 0 Å². The fraction of sp³-hybridized carbons (Fsp3) is 0.500. The van der Waals surface area contributed by atoms with Crippen LogP contribution in [0.2, 0.25) is 5.02 Å². The van der Waals surface area contributed by atoms with Crippen molar-refractivity contribution < 1.29 is 4.39 Å². The summed E-state index contributed by atoms with van der Waals surface area (Å²) in [6.45, 7) is 6.31. The molecule has 1 rings (SSSR count). The Balaban J connectivity index is 2.76. The van der Waals surface area contributed by atoms with Gasteiger partial charge in [-0.25, -0.2) is 4.39 Å². The Bertz CT molecular complexity index is 327. The van der Waals surface area contributed by atoms with Gasteiger partial charge < -0.3 is 5.32 Å². The number of halogens is 2. The van der Waals surface area contributed by atoms with Gasteiger partial charge in [-0.05, 0) is 25.0 Å². The molecule has 0 heterocycles.